The van der Waals surface area contributed by atoms with Crippen LogP contribution in [0, 0.1) is 0 Å². The Labute approximate surface area is 116 Å². The number of rotatable bonds is 2. The molecular formula is C12H17BrClN3. The molecule has 1 fully saturated rings. The average molecular weight is 319 g/mol. The zero-order valence-corrected chi connectivity index (χ0v) is 12.3. The van der Waals surface area contributed by atoms with Crippen LogP contribution in [-0.2, 0) is 0 Å². The second-order valence-corrected chi connectivity index (χ2v) is 5.54. The predicted molar refractivity (Wildman–Crippen MR) is 73.9 cm³/mol. The average Bonchev–Trinajstić information content (AvgIpc) is 2.57. The molecule has 0 aliphatic carbocycles. The standard InChI is InChI=1S/C12H17BrClN3/c1-15-17-6-4-2-3-5-11(17)9-7-10(13)12(14)16-8-9/h7-8,11,15H,2-6H2,1H3. The number of hydrogen-bond acceptors (Lipinski definition) is 3. The van der Waals surface area contributed by atoms with Crippen molar-refractivity contribution in [3.63, 3.8) is 0 Å². The van der Waals surface area contributed by atoms with Crippen molar-refractivity contribution in [1.29, 1.82) is 0 Å². The van der Waals surface area contributed by atoms with E-state index in [2.05, 4.69) is 37.4 Å². The molecule has 0 radical (unpaired) electrons. The first-order valence-corrected chi connectivity index (χ1v) is 7.14. The SMILES string of the molecule is CNN1CCCCCC1c1cnc(Cl)c(Br)c1. The van der Waals surface area contributed by atoms with Gasteiger partial charge in [0.25, 0.3) is 0 Å². The quantitative estimate of drug-likeness (QED) is 0.845. The smallest absolute Gasteiger partial charge is 0.143 e. The zero-order valence-electron chi connectivity index (χ0n) is 9.92. The van der Waals surface area contributed by atoms with Gasteiger partial charge in [0, 0.05) is 12.7 Å². The highest BCUT2D eigenvalue weighted by atomic mass is 79.9. The normalized spacial score (nSPS) is 22.4. The second kappa shape index (κ2) is 6.14. The molecule has 0 saturated carbocycles. The Morgan fingerprint density at radius 3 is 3.00 bits per heavy atom. The lowest BCUT2D eigenvalue weighted by atomic mass is 10.0. The molecule has 1 aliphatic rings. The molecule has 0 spiro atoms. The van der Waals surface area contributed by atoms with Gasteiger partial charge in [0.15, 0.2) is 0 Å². The minimum absolute atomic E-state index is 0.392. The molecule has 0 bridgehead atoms. The lowest BCUT2D eigenvalue weighted by molar-refractivity contribution is 0.142. The number of hydrogen-bond donors (Lipinski definition) is 1. The number of hydrazine groups is 1. The molecule has 1 unspecified atom stereocenters. The molecule has 1 saturated heterocycles. The summed E-state index contributed by atoms with van der Waals surface area (Å²) < 4.78 is 0.872. The number of nitrogens with one attached hydrogen (secondary N) is 1. The van der Waals surface area contributed by atoms with E-state index in [1.807, 2.05) is 13.2 Å². The first kappa shape index (κ1) is 13.3. The maximum Gasteiger partial charge on any atom is 0.143 e. The van der Waals surface area contributed by atoms with Gasteiger partial charge in [0.05, 0.1) is 10.5 Å². The third-order valence-corrected chi connectivity index (χ3v) is 4.38. The van der Waals surface area contributed by atoms with Gasteiger partial charge in [-0.1, -0.05) is 24.4 Å². The second-order valence-electron chi connectivity index (χ2n) is 4.32. The van der Waals surface area contributed by atoms with Gasteiger partial charge in [-0.3, -0.25) is 5.43 Å². The van der Waals surface area contributed by atoms with Crippen molar-refractivity contribution in [3.8, 4) is 0 Å². The van der Waals surface area contributed by atoms with Gasteiger partial charge in [-0.05, 0) is 47.4 Å². The van der Waals surface area contributed by atoms with E-state index in [-0.39, 0.29) is 0 Å². The van der Waals surface area contributed by atoms with Crippen LogP contribution in [-0.4, -0.2) is 23.6 Å². The van der Waals surface area contributed by atoms with Crippen LogP contribution < -0.4 is 5.43 Å². The topological polar surface area (TPSA) is 28.2 Å². The molecule has 1 aromatic heterocycles. The van der Waals surface area contributed by atoms with Crippen LogP contribution in [0.4, 0.5) is 0 Å². The van der Waals surface area contributed by atoms with E-state index in [1.165, 1.54) is 24.8 Å². The van der Waals surface area contributed by atoms with Gasteiger partial charge in [0.1, 0.15) is 5.15 Å². The van der Waals surface area contributed by atoms with E-state index in [0.717, 1.165) is 17.4 Å². The number of nitrogens with zero attached hydrogens (tertiary/aromatic N) is 2. The van der Waals surface area contributed by atoms with Crippen LogP contribution in [0.2, 0.25) is 5.15 Å². The van der Waals surface area contributed by atoms with E-state index < -0.39 is 0 Å². The molecule has 1 aliphatic heterocycles. The molecule has 2 heterocycles. The number of halogens is 2. The Morgan fingerprint density at radius 1 is 1.47 bits per heavy atom. The minimum atomic E-state index is 0.392. The molecule has 1 aromatic rings. The maximum absolute atomic E-state index is 5.93. The lowest BCUT2D eigenvalue weighted by Crippen LogP contribution is -2.38. The maximum atomic E-state index is 5.93. The summed E-state index contributed by atoms with van der Waals surface area (Å²) >= 11 is 9.38. The fourth-order valence-electron chi connectivity index (χ4n) is 2.34. The molecule has 3 nitrogen and oxygen atoms in total. The van der Waals surface area contributed by atoms with Crippen molar-refractivity contribution in [2.75, 3.05) is 13.6 Å². The minimum Gasteiger partial charge on any atom is -0.258 e. The molecule has 17 heavy (non-hydrogen) atoms. The molecular weight excluding hydrogens is 302 g/mol. The van der Waals surface area contributed by atoms with E-state index in [4.69, 9.17) is 11.6 Å². The van der Waals surface area contributed by atoms with Crippen LogP contribution in [0.1, 0.15) is 37.3 Å². The highest BCUT2D eigenvalue weighted by Crippen LogP contribution is 2.31. The highest BCUT2D eigenvalue weighted by molar-refractivity contribution is 9.10. The molecule has 1 atom stereocenters. The zero-order chi connectivity index (χ0) is 12.3. The van der Waals surface area contributed by atoms with E-state index in [9.17, 15) is 0 Å². The lowest BCUT2D eigenvalue weighted by Gasteiger charge is -2.29. The van der Waals surface area contributed by atoms with Gasteiger partial charge in [-0.25, -0.2) is 9.99 Å². The molecule has 94 valence electrons. The van der Waals surface area contributed by atoms with Crippen molar-refractivity contribution in [2.24, 2.45) is 0 Å². The van der Waals surface area contributed by atoms with Crippen LogP contribution >= 0.6 is 27.5 Å². The summed E-state index contributed by atoms with van der Waals surface area (Å²) in [6.07, 6.45) is 6.86. The summed E-state index contributed by atoms with van der Waals surface area (Å²) in [7, 11) is 1.98. The van der Waals surface area contributed by atoms with Crippen LogP contribution in [0.5, 0.6) is 0 Å². The van der Waals surface area contributed by atoms with Crippen molar-refractivity contribution in [1.82, 2.24) is 15.4 Å². The van der Waals surface area contributed by atoms with Crippen molar-refractivity contribution in [2.45, 2.75) is 31.7 Å². The largest absolute Gasteiger partial charge is 0.258 e. The van der Waals surface area contributed by atoms with Gasteiger partial charge in [0.2, 0.25) is 0 Å². The van der Waals surface area contributed by atoms with Gasteiger partial charge in [-0.15, -0.1) is 0 Å². The fraction of sp³-hybridized carbons (Fsp3) is 0.583. The van der Waals surface area contributed by atoms with Crippen molar-refractivity contribution < 1.29 is 0 Å². The first-order valence-electron chi connectivity index (χ1n) is 5.97. The molecule has 0 aromatic carbocycles. The van der Waals surface area contributed by atoms with Crippen molar-refractivity contribution >= 4 is 27.5 Å². The Morgan fingerprint density at radius 2 is 2.29 bits per heavy atom. The third-order valence-electron chi connectivity index (χ3n) is 3.24. The number of pyridine rings is 1. The number of aromatic nitrogens is 1. The van der Waals surface area contributed by atoms with Crippen LogP contribution in [0.25, 0.3) is 0 Å². The van der Waals surface area contributed by atoms with Crippen LogP contribution in [0.3, 0.4) is 0 Å². The van der Waals surface area contributed by atoms with E-state index in [0.29, 0.717) is 11.2 Å². The van der Waals surface area contributed by atoms with Gasteiger partial charge >= 0.3 is 0 Å². The highest BCUT2D eigenvalue weighted by Gasteiger charge is 2.22. The Hall–Kier alpha value is -0.160. The Kier molecular flexibility index (Phi) is 4.79. The summed E-state index contributed by atoms with van der Waals surface area (Å²) in [5.41, 5.74) is 4.50. The first-order chi connectivity index (χ1) is 8.22. The van der Waals surface area contributed by atoms with Crippen LogP contribution in [0.15, 0.2) is 16.7 Å². The predicted octanol–water partition coefficient (Wildman–Crippen LogP) is 3.55. The molecule has 0 amide bonds. The van der Waals surface area contributed by atoms with Crippen molar-refractivity contribution in [3.05, 3.63) is 27.5 Å². The molecule has 1 N–H and O–H groups in total. The Bertz CT molecular complexity index is 386. The summed E-state index contributed by atoms with van der Waals surface area (Å²) in [4.78, 5) is 4.22. The third kappa shape index (κ3) is 3.19. The molecule has 2 rings (SSSR count). The molecule has 5 heteroatoms. The summed E-state index contributed by atoms with van der Waals surface area (Å²) in [5, 5.41) is 2.82. The summed E-state index contributed by atoms with van der Waals surface area (Å²) in [6, 6.07) is 2.47. The van der Waals surface area contributed by atoms with E-state index >= 15 is 0 Å². The fourth-order valence-corrected chi connectivity index (χ4v) is 2.81. The monoisotopic (exact) mass is 317 g/mol. The Balaban J connectivity index is 2.25. The van der Waals surface area contributed by atoms with Gasteiger partial charge in [-0.2, -0.15) is 0 Å². The van der Waals surface area contributed by atoms with Gasteiger partial charge < -0.3 is 0 Å². The summed E-state index contributed by atoms with van der Waals surface area (Å²) in [6.45, 7) is 1.08. The van der Waals surface area contributed by atoms with E-state index in [1.54, 1.807) is 0 Å². The summed E-state index contributed by atoms with van der Waals surface area (Å²) in [5.74, 6) is 0.